The molecule has 0 aliphatic carbocycles. The number of nitro benzene ring substituents is 1. The Morgan fingerprint density at radius 2 is 2.41 bits per heavy atom. The van der Waals surface area contributed by atoms with E-state index >= 15 is 0 Å². The third-order valence-corrected chi connectivity index (χ3v) is 2.40. The summed E-state index contributed by atoms with van der Waals surface area (Å²) < 4.78 is 0.795. The fraction of sp³-hybridized carbons (Fsp3) is 0.100. The van der Waals surface area contributed by atoms with Gasteiger partial charge in [-0.2, -0.15) is 0 Å². The van der Waals surface area contributed by atoms with Gasteiger partial charge in [0.2, 0.25) is 5.95 Å². The van der Waals surface area contributed by atoms with Crippen LogP contribution < -0.4 is 5.32 Å². The maximum Gasteiger partial charge on any atom is 0.271 e. The van der Waals surface area contributed by atoms with E-state index in [1.54, 1.807) is 6.07 Å². The smallest absolute Gasteiger partial charge is 0.271 e. The summed E-state index contributed by atoms with van der Waals surface area (Å²) in [6, 6.07) is 4.49. The van der Waals surface area contributed by atoms with Gasteiger partial charge in [-0.3, -0.25) is 10.1 Å². The molecule has 0 radical (unpaired) electrons. The van der Waals surface area contributed by atoms with Crippen LogP contribution in [0, 0.1) is 10.1 Å². The number of halogens is 1. The predicted octanol–water partition coefficient (Wildman–Crippen LogP) is 2.79. The van der Waals surface area contributed by atoms with Crippen LogP contribution in [0.1, 0.15) is 0 Å². The molecule has 1 heterocycles. The Morgan fingerprint density at radius 1 is 1.65 bits per heavy atom. The summed E-state index contributed by atoms with van der Waals surface area (Å²) in [4.78, 5) is 17.4. The number of rotatable bonds is 4. The molecule has 88 valence electrons. The molecule has 0 saturated heterocycles. The summed E-state index contributed by atoms with van der Waals surface area (Å²) in [6.07, 6.45) is 0. The number of H-pyrrole nitrogens is 1. The number of benzene rings is 1. The zero-order valence-electron chi connectivity index (χ0n) is 8.74. The molecule has 0 aliphatic heterocycles. The second kappa shape index (κ2) is 4.54. The molecule has 2 aromatic rings. The maximum absolute atomic E-state index is 10.6. The number of nitro groups is 1. The van der Waals surface area contributed by atoms with Crippen molar-refractivity contribution >= 4 is 38.6 Å². The van der Waals surface area contributed by atoms with Gasteiger partial charge < -0.3 is 10.3 Å². The molecule has 0 saturated carbocycles. The van der Waals surface area contributed by atoms with Gasteiger partial charge in [-0.15, -0.1) is 0 Å². The lowest BCUT2D eigenvalue weighted by Gasteiger charge is -1.98. The predicted molar refractivity (Wildman–Crippen MR) is 69.3 cm³/mol. The second-order valence-electron chi connectivity index (χ2n) is 3.41. The number of fused-ring (bicyclic) bond motifs is 1. The third kappa shape index (κ3) is 2.62. The first-order chi connectivity index (χ1) is 8.06. The van der Waals surface area contributed by atoms with Crippen molar-refractivity contribution < 1.29 is 4.92 Å². The number of aromatic nitrogens is 2. The minimum Gasteiger partial charge on any atom is -0.351 e. The molecule has 7 heteroatoms. The lowest BCUT2D eigenvalue weighted by molar-refractivity contribution is -0.384. The van der Waals surface area contributed by atoms with Crippen molar-refractivity contribution in [2.45, 2.75) is 0 Å². The van der Waals surface area contributed by atoms with E-state index in [9.17, 15) is 10.1 Å². The van der Waals surface area contributed by atoms with Gasteiger partial charge in [0.1, 0.15) is 0 Å². The van der Waals surface area contributed by atoms with Crippen molar-refractivity contribution in [3.63, 3.8) is 0 Å². The molecule has 2 N–H and O–H groups in total. The van der Waals surface area contributed by atoms with Crippen LogP contribution in [0.2, 0.25) is 0 Å². The zero-order chi connectivity index (χ0) is 12.4. The Kier molecular flexibility index (Phi) is 3.10. The molecule has 17 heavy (non-hydrogen) atoms. The molecule has 2 rings (SSSR count). The van der Waals surface area contributed by atoms with E-state index in [1.807, 2.05) is 0 Å². The van der Waals surface area contributed by atoms with Crippen LogP contribution in [0.25, 0.3) is 11.0 Å². The Balaban J connectivity index is 2.30. The van der Waals surface area contributed by atoms with Crippen molar-refractivity contribution in [3.05, 3.63) is 39.4 Å². The fourth-order valence-corrected chi connectivity index (χ4v) is 1.51. The number of nitrogens with zero attached hydrogens (tertiary/aromatic N) is 2. The summed E-state index contributed by atoms with van der Waals surface area (Å²) >= 11 is 3.22. The monoisotopic (exact) mass is 296 g/mol. The molecule has 0 unspecified atom stereocenters. The summed E-state index contributed by atoms with van der Waals surface area (Å²) in [5.74, 6) is 0.557. The van der Waals surface area contributed by atoms with Gasteiger partial charge in [0.25, 0.3) is 5.69 Å². The lowest BCUT2D eigenvalue weighted by atomic mass is 10.3. The number of aromatic amines is 1. The molecule has 0 aliphatic rings. The summed E-state index contributed by atoms with van der Waals surface area (Å²) in [5, 5.41) is 13.6. The molecular weight excluding hydrogens is 288 g/mol. The van der Waals surface area contributed by atoms with Gasteiger partial charge in [0.15, 0.2) is 0 Å². The SMILES string of the molecule is C=C(Br)CNc1nc2ccc([N+](=O)[O-])cc2[nH]1. The van der Waals surface area contributed by atoms with Gasteiger partial charge >= 0.3 is 0 Å². The number of non-ortho nitro benzene ring substituents is 1. The van der Waals surface area contributed by atoms with Gasteiger partial charge in [-0.1, -0.05) is 22.5 Å². The summed E-state index contributed by atoms with van der Waals surface area (Å²) in [5.41, 5.74) is 1.35. The van der Waals surface area contributed by atoms with Crippen molar-refractivity contribution in [1.29, 1.82) is 0 Å². The van der Waals surface area contributed by atoms with Gasteiger partial charge in [-0.05, 0) is 6.07 Å². The van der Waals surface area contributed by atoms with Crippen LogP contribution >= 0.6 is 15.9 Å². The van der Waals surface area contributed by atoms with Gasteiger partial charge in [0.05, 0.1) is 16.0 Å². The number of hydrogen-bond donors (Lipinski definition) is 2. The van der Waals surface area contributed by atoms with Crippen molar-refractivity contribution in [2.24, 2.45) is 0 Å². The van der Waals surface area contributed by atoms with Gasteiger partial charge in [-0.25, -0.2) is 4.98 Å². The first-order valence-corrected chi connectivity index (χ1v) is 5.57. The minimum absolute atomic E-state index is 0.0394. The lowest BCUT2D eigenvalue weighted by Crippen LogP contribution is -2.01. The highest BCUT2D eigenvalue weighted by Gasteiger charge is 2.09. The molecular formula is C10H9BrN4O2. The highest BCUT2D eigenvalue weighted by atomic mass is 79.9. The first-order valence-electron chi connectivity index (χ1n) is 4.77. The van der Waals surface area contributed by atoms with Crippen LogP contribution in [0.4, 0.5) is 11.6 Å². The van der Waals surface area contributed by atoms with Crippen molar-refractivity contribution in [1.82, 2.24) is 9.97 Å². The average Bonchev–Trinajstić information content (AvgIpc) is 2.67. The third-order valence-electron chi connectivity index (χ3n) is 2.12. The Morgan fingerprint density at radius 3 is 3.06 bits per heavy atom. The van der Waals surface area contributed by atoms with E-state index in [0.29, 0.717) is 23.5 Å². The zero-order valence-corrected chi connectivity index (χ0v) is 10.3. The van der Waals surface area contributed by atoms with Crippen LogP contribution in [0.3, 0.4) is 0 Å². The van der Waals surface area contributed by atoms with E-state index in [-0.39, 0.29) is 5.69 Å². The normalized spacial score (nSPS) is 10.4. The van der Waals surface area contributed by atoms with E-state index < -0.39 is 4.92 Å². The molecule has 1 aromatic carbocycles. The second-order valence-corrected chi connectivity index (χ2v) is 4.54. The van der Waals surface area contributed by atoms with E-state index in [0.717, 1.165) is 4.48 Å². The van der Waals surface area contributed by atoms with Crippen LogP contribution in [0.15, 0.2) is 29.3 Å². The number of imidazole rings is 1. The standard InChI is InChI=1S/C10H9BrN4O2/c1-6(11)5-12-10-13-8-3-2-7(15(16)17)4-9(8)14-10/h2-4H,1,5H2,(H2,12,13,14). The molecule has 0 amide bonds. The molecule has 0 atom stereocenters. The summed E-state index contributed by atoms with van der Waals surface area (Å²) in [6.45, 7) is 4.21. The van der Waals surface area contributed by atoms with Crippen LogP contribution in [-0.2, 0) is 0 Å². The first kappa shape index (κ1) is 11.6. The fourth-order valence-electron chi connectivity index (χ4n) is 1.37. The van der Waals surface area contributed by atoms with Crippen molar-refractivity contribution in [2.75, 3.05) is 11.9 Å². The Labute approximate surface area is 105 Å². The maximum atomic E-state index is 10.6. The van der Waals surface area contributed by atoms with Crippen LogP contribution in [-0.4, -0.2) is 21.4 Å². The number of anilines is 1. The largest absolute Gasteiger partial charge is 0.351 e. The quantitative estimate of drug-likeness (QED) is 0.671. The Hall–Kier alpha value is -1.89. The molecule has 6 nitrogen and oxygen atoms in total. The number of nitrogens with one attached hydrogen (secondary N) is 2. The van der Waals surface area contributed by atoms with E-state index in [2.05, 4.69) is 37.8 Å². The average molecular weight is 297 g/mol. The number of hydrogen-bond acceptors (Lipinski definition) is 4. The van der Waals surface area contributed by atoms with E-state index in [1.165, 1.54) is 12.1 Å². The van der Waals surface area contributed by atoms with Crippen molar-refractivity contribution in [3.8, 4) is 0 Å². The molecule has 0 bridgehead atoms. The molecule has 0 spiro atoms. The summed E-state index contributed by atoms with van der Waals surface area (Å²) in [7, 11) is 0. The highest BCUT2D eigenvalue weighted by Crippen LogP contribution is 2.20. The molecule has 0 fully saturated rings. The molecule has 1 aromatic heterocycles. The topological polar surface area (TPSA) is 83.8 Å². The highest BCUT2D eigenvalue weighted by molar-refractivity contribution is 9.11. The van der Waals surface area contributed by atoms with Crippen LogP contribution in [0.5, 0.6) is 0 Å². The Bertz CT molecular complexity index is 593. The van der Waals surface area contributed by atoms with Gasteiger partial charge in [0, 0.05) is 23.2 Å². The minimum atomic E-state index is -0.437. The van der Waals surface area contributed by atoms with E-state index in [4.69, 9.17) is 0 Å².